The number of aliphatic hydroxyl groups is 1. The molecule has 7 nitrogen and oxygen atoms in total. The molecule has 3 aromatic rings. The number of ketones is 1. The summed E-state index contributed by atoms with van der Waals surface area (Å²) in [4.78, 5) is 27.7. The van der Waals surface area contributed by atoms with Crippen molar-refractivity contribution in [1.82, 2.24) is 4.90 Å². The average Bonchev–Trinajstić information content (AvgIpc) is 3.10. The summed E-state index contributed by atoms with van der Waals surface area (Å²) in [5.74, 6) is -1.93. The summed E-state index contributed by atoms with van der Waals surface area (Å²) in [7, 11) is 1.53. The van der Waals surface area contributed by atoms with Crippen molar-refractivity contribution in [2.75, 3.05) is 13.7 Å². The van der Waals surface area contributed by atoms with Crippen LogP contribution in [0.1, 0.15) is 29.7 Å². The molecule has 1 saturated heterocycles. The number of halogens is 1. The molecule has 35 heavy (non-hydrogen) atoms. The first-order chi connectivity index (χ1) is 16.8. The smallest absolute Gasteiger partial charge is 0.295 e. The van der Waals surface area contributed by atoms with Gasteiger partial charge >= 0.3 is 0 Å². The van der Waals surface area contributed by atoms with Crippen molar-refractivity contribution < 1.29 is 33.7 Å². The summed E-state index contributed by atoms with van der Waals surface area (Å²) in [6.07, 6.45) is 0. The minimum absolute atomic E-state index is 0.0531. The lowest BCUT2D eigenvalue weighted by molar-refractivity contribution is -0.140. The second-order valence-electron chi connectivity index (χ2n) is 7.95. The third-order valence-electron chi connectivity index (χ3n) is 5.74. The van der Waals surface area contributed by atoms with Crippen LogP contribution in [0.15, 0.2) is 72.3 Å². The van der Waals surface area contributed by atoms with Gasteiger partial charge in [0, 0.05) is 12.1 Å². The Bertz CT molecular complexity index is 1300. The largest absolute Gasteiger partial charge is 0.507 e. The number of hydrogen-bond donors (Lipinski definition) is 2. The Hall–Kier alpha value is -4.33. The Kier molecular flexibility index (Phi) is 6.73. The highest BCUT2D eigenvalue weighted by molar-refractivity contribution is 6.46. The lowest BCUT2D eigenvalue weighted by atomic mass is 9.94. The van der Waals surface area contributed by atoms with Crippen LogP contribution in [0.2, 0.25) is 0 Å². The van der Waals surface area contributed by atoms with Gasteiger partial charge in [-0.1, -0.05) is 18.2 Å². The summed E-state index contributed by atoms with van der Waals surface area (Å²) in [6.45, 7) is 2.10. The lowest BCUT2D eigenvalue weighted by Crippen LogP contribution is -2.29. The molecule has 1 aliphatic rings. The molecule has 8 heteroatoms. The maximum atomic E-state index is 13.5. The van der Waals surface area contributed by atoms with Crippen molar-refractivity contribution >= 4 is 17.4 Å². The monoisotopic (exact) mass is 477 g/mol. The average molecular weight is 477 g/mol. The number of ether oxygens (including phenoxy) is 2. The summed E-state index contributed by atoms with van der Waals surface area (Å²) < 4.78 is 24.2. The highest BCUT2D eigenvalue weighted by Gasteiger charge is 2.46. The predicted octanol–water partition coefficient (Wildman–Crippen LogP) is 4.56. The van der Waals surface area contributed by atoms with Crippen molar-refractivity contribution in [3.63, 3.8) is 0 Å². The minimum atomic E-state index is -0.980. The minimum Gasteiger partial charge on any atom is -0.507 e. The highest BCUT2D eigenvalue weighted by atomic mass is 19.1. The summed E-state index contributed by atoms with van der Waals surface area (Å²) in [6, 6.07) is 15.6. The number of nitrogens with zero attached hydrogens (tertiary/aromatic N) is 1. The number of Topliss-reactive ketones (excluding diaryl/α,β-unsaturated/α-hetero) is 1. The Morgan fingerprint density at radius 1 is 1.06 bits per heavy atom. The highest BCUT2D eigenvalue weighted by Crippen LogP contribution is 2.42. The molecular weight excluding hydrogens is 453 g/mol. The molecule has 0 bridgehead atoms. The van der Waals surface area contributed by atoms with E-state index < -0.39 is 29.3 Å². The van der Waals surface area contributed by atoms with Crippen LogP contribution in [0.3, 0.4) is 0 Å². The molecule has 1 aliphatic heterocycles. The van der Waals surface area contributed by atoms with Gasteiger partial charge in [-0.05, 0) is 66.6 Å². The Balaban J connectivity index is 1.87. The molecule has 180 valence electrons. The fourth-order valence-corrected chi connectivity index (χ4v) is 4.09. The fourth-order valence-electron chi connectivity index (χ4n) is 4.09. The van der Waals surface area contributed by atoms with Gasteiger partial charge in [-0.15, -0.1) is 0 Å². The maximum absolute atomic E-state index is 13.5. The first-order valence-electron chi connectivity index (χ1n) is 11.0. The molecule has 1 amide bonds. The van der Waals surface area contributed by atoms with Crippen molar-refractivity contribution in [2.24, 2.45) is 0 Å². The third kappa shape index (κ3) is 4.68. The zero-order chi connectivity index (χ0) is 25.1. The van der Waals surface area contributed by atoms with Gasteiger partial charge in [0.15, 0.2) is 11.5 Å². The van der Waals surface area contributed by atoms with E-state index in [0.717, 1.165) is 12.1 Å². The predicted molar refractivity (Wildman–Crippen MR) is 127 cm³/mol. The van der Waals surface area contributed by atoms with Gasteiger partial charge < -0.3 is 24.6 Å². The van der Waals surface area contributed by atoms with Gasteiger partial charge in [0.05, 0.1) is 25.3 Å². The van der Waals surface area contributed by atoms with Crippen LogP contribution in [0.25, 0.3) is 5.76 Å². The summed E-state index contributed by atoms with van der Waals surface area (Å²) >= 11 is 0. The van der Waals surface area contributed by atoms with E-state index in [-0.39, 0.29) is 35.8 Å². The number of phenols is 1. The second kappa shape index (κ2) is 9.89. The van der Waals surface area contributed by atoms with Crippen molar-refractivity contribution in [3.05, 3.63) is 94.8 Å². The molecule has 1 heterocycles. The van der Waals surface area contributed by atoms with E-state index in [9.17, 15) is 24.2 Å². The number of phenolic OH excluding ortho intramolecular Hbond substituents is 1. The molecule has 1 unspecified atom stereocenters. The number of amides is 1. The molecule has 1 atom stereocenters. The lowest BCUT2D eigenvalue weighted by Gasteiger charge is -2.26. The van der Waals surface area contributed by atoms with E-state index in [1.165, 1.54) is 36.3 Å². The Labute approximate surface area is 201 Å². The van der Waals surface area contributed by atoms with Crippen molar-refractivity contribution in [2.45, 2.75) is 19.5 Å². The number of rotatable bonds is 7. The van der Waals surface area contributed by atoms with Gasteiger partial charge in [0.2, 0.25) is 0 Å². The van der Waals surface area contributed by atoms with Crippen LogP contribution >= 0.6 is 0 Å². The second-order valence-corrected chi connectivity index (χ2v) is 7.95. The van der Waals surface area contributed by atoms with Gasteiger partial charge in [0.1, 0.15) is 17.3 Å². The van der Waals surface area contributed by atoms with Crippen molar-refractivity contribution in [1.29, 1.82) is 0 Å². The van der Waals surface area contributed by atoms with Gasteiger partial charge in [-0.25, -0.2) is 4.39 Å². The number of aliphatic hydroxyl groups excluding tert-OH is 1. The van der Waals surface area contributed by atoms with Gasteiger partial charge in [-0.2, -0.15) is 0 Å². The van der Waals surface area contributed by atoms with E-state index in [4.69, 9.17) is 9.47 Å². The van der Waals surface area contributed by atoms with Crippen molar-refractivity contribution in [3.8, 4) is 17.2 Å². The molecule has 0 radical (unpaired) electrons. The topological polar surface area (TPSA) is 96.3 Å². The van der Waals surface area contributed by atoms with Crippen LogP contribution in [-0.4, -0.2) is 40.5 Å². The SMILES string of the molecule is CCOc1cc(C2/C(=C(/O)c3ccc(F)cc3)C(=O)C(=O)N2Cc2cccc(OC)c2)ccc1O. The molecule has 2 N–H and O–H groups in total. The number of hydrogen-bond acceptors (Lipinski definition) is 6. The number of benzene rings is 3. The summed E-state index contributed by atoms with van der Waals surface area (Å²) in [5.41, 5.74) is 1.22. The Morgan fingerprint density at radius 2 is 1.80 bits per heavy atom. The molecule has 4 rings (SSSR count). The Morgan fingerprint density at radius 3 is 2.49 bits per heavy atom. The quantitative estimate of drug-likeness (QED) is 0.294. The van der Waals surface area contributed by atoms with Gasteiger partial charge in [0.25, 0.3) is 11.7 Å². The normalized spacial score (nSPS) is 17.0. The fraction of sp³-hybridized carbons (Fsp3) is 0.185. The van der Waals surface area contributed by atoms with E-state index in [1.54, 1.807) is 37.3 Å². The van der Waals surface area contributed by atoms with E-state index in [2.05, 4.69) is 0 Å². The number of carbonyl (C=O) groups excluding carboxylic acids is 2. The van der Waals surface area contributed by atoms with Gasteiger partial charge in [-0.3, -0.25) is 9.59 Å². The van der Waals surface area contributed by atoms with Crippen LogP contribution in [-0.2, 0) is 16.1 Å². The first kappa shape index (κ1) is 23.8. The van der Waals surface area contributed by atoms with Crippen LogP contribution < -0.4 is 9.47 Å². The molecule has 3 aromatic carbocycles. The molecule has 0 spiro atoms. The zero-order valence-electron chi connectivity index (χ0n) is 19.2. The summed E-state index contributed by atoms with van der Waals surface area (Å²) in [5, 5.41) is 21.2. The number of aromatic hydroxyl groups is 1. The number of carbonyl (C=O) groups is 2. The molecule has 1 fully saturated rings. The van der Waals surface area contributed by atoms with E-state index in [1.807, 2.05) is 0 Å². The third-order valence-corrected chi connectivity index (χ3v) is 5.74. The first-order valence-corrected chi connectivity index (χ1v) is 11.0. The van der Waals surface area contributed by atoms with Crippen LogP contribution in [0, 0.1) is 5.82 Å². The maximum Gasteiger partial charge on any atom is 0.295 e. The molecule has 0 aromatic heterocycles. The molecule has 0 aliphatic carbocycles. The van der Waals surface area contributed by atoms with E-state index in [0.29, 0.717) is 16.9 Å². The number of likely N-dealkylation sites (tertiary alicyclic amines) is 1. The molecular formula is C27H24FNO6. The van der Waals surface area contributed by atoms with E-state index >= 15 is 0 Å². The number of methoxy groups -OCH3 is 1. The molecule has 0 saturated carbocycles. The van der Waals surface area contributed by atoms with Crippen LogP contribution in [0.4, 0.5) is 4.39 Å². The van der Waals surface area contributed by atoms with Crippen LogP contribution in [0.5, 0.6) is 17.2 Å². The zero-order valence-corrected chi connectivity index (χ0v) is 19.2. The standard InChI is InChI=1S/C27H24FNO6/c1-3-35-22-14-18(9-12-21(22)30)24-23(25(31)17-7-10-19(28)11-8-17)26(32)27(33)29(24)15-16-5-4-6-20(13-16)34-2/h4-14,24,30-31H,3,15H2,1-2H3/b25-23-.